The predicted molar refractivity (Wildman–Crippen MR) is 150 cm³/mol. The summed E-state index contributed by atoms with van der Waals surface area (Å²) in [7, 11) is 0. The van der Waals surface area contributed by atoms with Crippen molar-refractivity contribution in [3.05, 3.63) is 88.7 Å². The van der Waals surface area contributed by atoms with Crippen molar-refractivity contribution in [1.82, 2.24) is 24.7 Å². The molecule has 2 amide bonds. The average molecular weight is 546 g/mol. The zero-order chi connectivity index (χ0) is 27.7. The van der Waals surface area contributed by atoms with Crippen LogP contribution in [0, 0.1) is 11.2 Å². The van der Waals surface area contributed by atoms with E-state index in [9.17, 15) is 19.1 Å². The standard InChI is InChI=1S/C31H36FN5O3/c32-25-11-5-4-10-24(25)26-18-28(38)36(22-34-26)21-31(40)14-16-35(20-30(31)12-6-7-13-30)29(39)37-17-15-33-19-27(37)23-8-2-1-3-9-23/h1-5,8-11,18,22,27,33,40H,6-7,12-17,19-21H2/t27-,31+/m0/s1. The third-order valence-electron chi connectivity index (χ3n) is 9.24. The van der Waals surface area contributed by atoms with E-state index < -0.39 is 16.8 Å². The first-order valence-corrected chi connectivity index (χ1v) is 14.2. The minimum Gasteiger partial charge on any atom is -0.387 e. The van der Waals surface area contributed by atoms with Gasteiger partial charge in [0.25, 0.3) is 5.56 Å². The number of nitrogens with one attached hydrogen (secondary N) is 1. The molecule has 6 rings (SSSR count). The Morgan fingerprint density at radius 1 is 1.05 bits per heavy atom. The molecule has 2 aromatic carbocycles. The number of carbonyl (C=O) groups excluding carboxylic acids is 1. The van der Waals surface area contributed by atoms with Crippen molar-refractivity contribution < 1.29 is 14.3 Å². The molecule has 3 aromatic rings. The smallest absolute Gasteiger partial charge is 0.320 e. The SMILES string of the molecule is O=C(N1CC[C@@](O)(Cn2cnc(-c3ccccc3F)cc2=O)C2(CCCC2)C1)N1CCNC[C@H]1c1ccccc1. The van der Waals surface area contributed by atoms with Crippen LogP contribution in [0.5, 0.6) is 0 Å². The topological polar surface area (TPSA) is 90.7 Å². The van der Waals surface area contributed by atoms with Crippen LogP contribution in [0.15, 0.2) is 71.8 Å². The van der Waals surface area contributed by atoms with Crippen LogP contribution in [0.2, 0.25) is 0 Å². The van der Waals surface area contributed by atoms with Gasteiger partial charge in [-0.05, 0) is 37.0 Å². The van der Waals surface area contributed by atoms with Crippen LogP contribution in [0.4, 0.5) is 9.18 Å². The molecule has 2 N–H and O–H groups in total. The number of piperidine rings is 1. The second-order valence-corrected chi connectivity index (χ2v) is 11.5. The zero-order valence-electron chi connectivity index (χ0n) is 22.6. The molecular formula is C31H36FN5O3. The number of halogens is 1. The highest BCUT2D eigenvalue weighted by Crippen LogP contribution is 2.51. The molecule has 1 spiro atoms. The first-order valence-electron chi connectivity index (χ1n) is 14.2. The average Bonchev–Trinajstić information content (AvgIpc) is 3.46. The van der Waals surface area contributed by atoms with Crippen LogP contribution >= 0.6 is 0 Å². The Morgan fingerprint density at radius 2 is 1.80 bits per heavy atom. The first kappa shape index (κ1) is 26.7. The molecule has 3 fully saturated rings. The van der Waals surface area contributed by atoms with Crippen molar-refractivity contribution in [2.75, 3.05) is 32.7 Å². The lowest BCUT2D eigenvalue weighted by molar-refractivity contribution is -0.137. The fourth-order valence-electron chi connectivity index (χ4n) is 6.99. The summed E-state index contributed by atoms with van der Waals surface area (Å²) in [4.78, 5) is 35.3. The van der Waals surface area contributed by atoms with Crippen molar-refractivity contribution in [1.29, 1.82) is 0 Å². The second-order valence-electron chi connectivity index (χ2n) is 11.5. The Balaban J connectivity index is 1.23. The number of likely N-dealkylation sites (tertiary alicyclic amines) is 1. The molecule has 0 unspecified atom stereocenters. The highest BCUT2D eigenvalue weighted by atomic mass is 19.1. The van der Waals surface area contributed by atoms with Crippen molar-refractivity contribution in [2.45, 2.75) is 50.3 Å². The number of aromatic nitrogens is 2. The molecule has 1 saturated carbocycles. The molecular weight excluding hydrogens is 509 g/mol. The summed E-state index contributed by atoms with van der Waals surface area (Å²) >= 11 is 0. The summed E-state index contributed by atoms with van der Waals surface area (Å²) in [5, 5.41) is 15.6. The fraction of sp³-hybridized carbons (Fsp3) is 0.452. The largest absolute Gasteiger partial charge is 0.387 e. The summed E-state index contributed by atoms with van der Waals surface area (Å²) in [6, 6.07) is 17.6. The molecule has 1 aliphatic carbocycles. The maximum absolute atomic E-state index is 14.3. The lowest BCUT2D eigenvalue weighted by Crippen LogP contribution is -2.64. The number of nitrogens with zero attached hydrogens (tertiary/aromatic N) is 4. The summed E-state index contributed by atoms with van der Waals surface area (Å²) in [6.45, 7) is 3.05. The predicted octanol–water partition coefficient (Wildman–Crippen LogP) is 3.81. The van der Waals surface area contributed by atoms with Gasteiger partial charge in [-0.1, -0.05) is 55.3 Å². The van der Waals surface area contributed by atoms with Gasteiger partial charge in [-0.15, -0.1) is 0 Å². The Kier molecular flexibility index (Phi) is 7.18. The molecule has 40 heavy (non-hydrogen) atoms. The van der Waals surface area contributed by atoms with Crippen LogP contribution in [0.1, 0.15) is 43.7 Å². The highest BCUT2D eigenvalue weighted by Gasteiger charge is 2.56. The van der Waals surface area contributed by atoms with Crippen molar-refractivity contribution in [3.63, 3.8) is 0 Å². The van der Waals surface area contributed by atoms with E-state index in [1.807, 2.05) is 28.0 Å². The number of amides is 2. The van der Waals surface area contributed by atoms with Crippen LogP contribution < -0.4 is 10.9 Å². The normalized spacial score (nSPS) is 24.4. The van der Waals surface area contributed by atoms with Gasteiger partial charge in [0.1, 0.15) is 5.82 Å². The Morgan fingerprint density at radius 3 is 2.55 bits per heavy atom. The number of hydrogen-bond donors (Lipinski definition) is 2. The Hall–Kier alpha value is -3.56. The quantitative estimate of drug-likeness (QED) is 0.521. The van der Waals surface area contributed by atoms with E-state index in [0.29, 0.717) is 32.6 Å². The lowest BCUT2D eigenvalue weighted by atomic mass is 9.66. The van der Waals surface area contributed by atoms with E-state index in [0.717, 1.165) is 37.8 Å². The van der Waals surface area contributed by atoms with Gasteiger partial charge in [0.05, 0.1) is 30.2 Å². The molecule has 210 valence electrons. The van der Waals surface area contributed by atoms with E-state index in [-0.39, 0.29) is 35.4 Å². The summed E-state index contributed by atoms with van der Waals surface area (Å²) < 4.78 is 15.7. The summed E-state index contributed by atoms with van der Waals surface area (Å²) in [5.74, 6) is -0.438. The molecule has 8 nitrogen and oxygen atoms in total. The van der Waals surface area contributed by atoms with E-state index >= 15 is 0 Å². The molecule has 2 aliphatic heterocycles. The van der Waals surface area contributed by atoms with Gasteiger partial charge in [-0.2, -0.15) is 0 Å². The number of aliphatic hydroxyl groups is 1. The number of rotatable bonds is 4. The highest BCUT2D eigenvalue weighted by molar-refractivity contribution is 5.75. The van der Waals surface area contributed by atoms with Crippen molar-refractivity contribution in [3.8, 4) is 11.3 Å². The second kappa shape index (κ2) is 10.8. The lowest BCUT2D eigenvalue weighted by Gasteiger charge is -2.53. The molecule has 1 aromatic heterocycles. The number of hydrogen-bond acceptors (Lipinski definition) is 5. The van der Waals surface area contributed by atoms with Gasteiger partial charge in [0.2, 0.25) is 0 Å². The Bertz CT molecular complexity index is 1420. The fourth-order valence-corrected chi connectivity index (χ4v) is 6.99. The first-order chi connectivity index (χ1) is 19.4. The maximum Gasteiger partial charge on any atom is 0.320 e. The third-order valence-corrected chi connectivity index (χ3v) is 9.24. The maximum atomic E-state index is 14.3. The minimum atomic E-state index is -1.16. The van der Waals surface area contributed by atoms with Crippen LogP contribution in [-0.2, 0) is 6.54 Å². The Labute approximate surface area is 233 Å². The number of carbonyl (C=O) groups is 1. The third kappa shape index (κ3) is 4.81. The van der Waals surface area contributed by atoms with Gasteiger partial charge < -0.3 is 20.2 Å². The number of urea groups is 1. The minimum absolute atomic E-state index is 0.0109. The van der Waals surface area contributed by atoms with E-state index in [2.05, 4.69) is 22.4 Å². The molecule has 9 heteroatoms. The molecule has 2 saturated heterocycles. The van der Waals surface area contributed by atoms with Gasteiger partial charge in [0.15, 0.2) is 0 Å². The van der Waals surface area contributed by atoms with Gasteiger partial charge >= 0.3 is 6.03 Å². The van der Waals surface area contributed by atoms with Crippen molar-refractivity contribution in [2.24, 2.45) is 5.41 Å². The molecule has 2 atom stereocenters. The van der Waals surface area contributed by atoms with Crippen molar-refractivity contribution >= 4 is 6.03 Å². The zero-order valence-corrected chi connectivity index (χ0v) is 22.6. The van der Waals surface area contributed by atoms with Gasteiger partial charge in [0, 0.05) is 49.8 Å². The summed E-state index contributed by atoms with van der Waals surface area (Å²) in [5.41, 5.74) is -0.343. The van der Waals surface area contributed by atoms with E-state index in [1.54, 1.807) is 18.2 Å². The molecule has 3 heterocycles. The van der Waals surface area contributed by atoms with E-state index in [4.69, 9.17) is 0 Å². The number of piperazine rings is 1. The number of benzene rings is 2. The van der Waals surface area contributed by atoms with Gasteiger partial charge in [-0.25, -0.2) is 14.2 Å². The summed E-state index contributed by atoms with van der Waals surface area (Å²) in [6.07, 6.45) is 5.34. The molecule has 0 radical (unpaired) electrons. The van der Waals surface area contributed by atoms with Crippen LogP contribution in [0.3, 0.4) is 0 Å². The van der Waals surface area contributed by atoms with E-state index in [1.165, 1.54) is 23.0 Å². The monoisotopic (exact) mass is 545 g/mol. The molecule has 0 bridgehead atoms. The van der Waals surface area contributed by atoms with Crippen LogP contribution in [-0.4, -0.2) is 68.8 Å². The van der Waals surface area contributed by atoms with Gasteiger partial charge in [-0.3, -0.25) is 9.36 Å². The van der Waals surface area contributed by atoms with Crippen LogP contribution in [0.25, 0.3) is 11.3 Å². The molecule has 3 aliphatic rings.